The third kappa shape index (κ3) is 7.58. The molecule has 0 aliphatic carbocycles. The summed E-state index contributed by atoms with van der Waals surface area (Å²) in [7, 11) is 0. The Morgan fingerprint density at radius 3 is 2.10 bits per heavy atom. The average Bonchev–Trinajstić information content (AvgIpc) is 2.71. The highest BCUT2D eigenvalue weighted by atomic mass is 16.6. The van der Waals surface area contributed by atoms with Gasteiger partial charge < -0.3 is 21.1 Å². The normalized spacial score (nSPS) is 13.0. The second-order valence-electron chi connectivity index (χ2n) is 7.43. The summed E-state index contributed by atoms with van der Waals surface area (Å²) in [6, 6.07) is 16.2. The highest BCUT2D eigenvalue weighted by Gasteiger charge is 2.14. The largest absolute Gasteiger partial charge is 0.395 e. The van der Waals surface area contributed by atoms with Crippen LogP contribution < -0.4 is 11.5 Å². The molecule has 0 saturated carbocycles. The van der Waals surface area contributed by atoms with E-state index in [2.05, 4.69) is 10.3 Å². The molecule has 2 rings (SSSR count). The van der Waals surface area contributed by atoms with Crippen LogP contribution in [0.5, 0.6) is 0 Å². The van der Waals surface area contributed by atoms with Crippen LogP contribution in [-0.2, 0) is 25.7 Å². The van der Waals surface area contributed by atoms with Gasteiger partial charge >= 0.3 is 0 Å². The summed E-state index contributed by atoms with van der Waals surface area (Å²) in [6.07, 6.45) is 0.481. The second-order valence-corrected chi connectivity index (χ2v) is 7.43. The van der Waals surface area contributed by atoms with E-state index in [1.165, 1.54) is 0 Å². The Morgan fingerprint density at radius 1 is 0.871 bits per heavy atom. The topological polar surface area (TPSA) is 129 Å². The molecule has 0 aliphatic heterocycles. The number of hydrogen-bond acceptors (Lipinski definition) is 6. The Bertz CT molecular complexity index is 955. The molecule has 2 aromatic carbocycles. The van der Waals surface area contributed by atoms with Crippen molar-refractivity contribution in [2.75, 3.05) is 6.61 Å². The van der Waals surface area contributed by atoms with Crippen molar-refractivity contribution >= 4 is 23.2 Å². The van der Waals surface area contributed by atoms with Gasteiger partial charge in [-0.25, -0.2) is 0 Å². The number of amides is 2. The number of carbonyl (C=O) groups excluding carboxylic acids is 2. The van der Waals surface area contributed by atoms with Gasteiger partial charge in [-0.3, -0.25) is 9.59 Å². The minimum absolute atomic E-state index is 0.0676. The fraction of sp³-hybridized carbons (Fsp3) is 0.304. The first-order valence-corrected chi connectivity index (χ1v) is 9.96. The van der Waals surface area contributed by atoms with Crippen LogP contribution in [0.15, 0.2) is 64.9 Å². The van der Waals surface area contributed by atoms with Crippen LogP contribution >= 0.6 is 0 Å². The number of primary amides is 2. The maximum absolute atomic E-state index is 11.8. The Morgan fingerprint density at radius 2 is 1.48 bits per heavy atom. The minimum Gasteiger partial charge on any atom is -0.395 e. The number of hydrogen-bond donors (Lipinski definition) is 2. The number of benzene rings is 2. The quantitative estimate of drug-likeness (QED) is 0.424. The first kappa shape index (κ1) is 23.6. The molecular weight excluding hydrogens is 396 g/mol. The highest BCUT2D eigenvalue weighted by molar-refractivity contribution is 6.45. The summed E-state index contributed by atoms with van der Waals surface area (Å²) in [4.78, 5) is 34.0. The first-order valence-electron chi connectivity index (χ1n) is 9.96. The molecule has 2 amide bonds. The number of oxime groups is 2. The van der Waals surface area contributed by atoms with Crippen molar-refractivity contribution in [2.24, 2.45) is 27.7 Å². The molecule has 0 saturated heterocycles. The van der Waals surface area contributed by atoms with Gasteiger partial charge in [0.2, 0.25) is 0 Å². The van der Waals surface area contributed by atoms with Gasteiger partial charge in [0.05, 0.1) is 0 Å². The predicted molar refractivity (Wildman–Crippen MR) is 119 cm³/mol. The average molecular weight is 425 g/mol. The molecule has 164 valence electrons. The van der Waals surface area contributed by atoms with Crippen molar-refractivity contribution < 1.29 is 19.3 Å². The zero-order valence-corrected chi connectivity index (χ0v) is 17.9. The van der Waals surface area contributed by atoms with Crippen LogP contribution in [0.25, 0.3) is 0 Å². The second kappa shape index (κ2) is 11.5. The molecule has 2 aromatic rings. The van der Waals surface area contributed by atoms with Gasteiger partial charge in [0, 0.05) is 11.1 Å². The van der Waals surface area contributed by atoms with Crippen molar-refractivity contribution in [1.29, 1.82) is 0 Å². The van der Waals surface area contributed by atoms with Gasteiger partial charge in [-0.15, -0.1) is 0 Å². The van der Waals surface area contributed by atoms with Crippen LogP contribution in [0.4, 0.5) is 0 Å². The third-order valence-electron chi connectivity index (χ3n) is 4.17. The van der Waals surface area contributed by atoms with E-state index < -0.39 is 11.8 Å². The minimum atomic E-state index is -0.664. The third-order valence-corrected chi connectivity index (χ3v) is 4.17. The van der Waals surface area contributed by atoms with Crippen molar-refractivity contribution in [2.45, 2.75) is 33.3 Å². The van der Waals surface area contributed by atoms with E-state index in [0.717, 1.165) is 5.56 Å². The highest BCUT2D eigenvalue weighted by Crippen LogP contribution is 2.13. The molecule has 31 heavy (non-hydrogen) atoms. The van der Waals surface area contributed by atoms with Gasteiger partial charge in [-0.2, -0.15) is 0 Å². The zero-order valence-electron chi connectivity index (χ0n) is 17.9. The summed E-state index contributed by atoms with van der Waals surface area (Å²) in [5.74, 6) is -1.25. The molecule has 8 heteroatoms. The molecule has 0 spiro atoms. The summed E-state index contributed by atoms with van der Waals surface area (Å²) < 4.78 is 0. The zero-order chi connectivity index (χ0) is 22.8. The summed E-state index contributed by atoms with van der Waals surface area (Å²) in [6.45, 7) is 5.88. The van der Waals surface area contributed by atoms with E-state index in [9.17, 15) is 9.59 Å². The van der Waals surface area contributed by atoms with Crippen molar-refractivity contribution in [3.05, 3.63) is 71.3 Å². The maximum Gasteiger partial charge on any atom is 0.271 e. The fourth-order valence-corrected chi connectivity index (χ4v) is 2.77. The molecule has 1 atom stereocenters. The molecule has 8 nitrogen and oxygen atoms in total. The number of nitrogens with zero attached hydrogens (tertiary/aromatic N) is 2. The molecule has 0 fully saturated rings. The van der Waals surface area contributed by atoms with E-state index in [1.54, 1.807) is 30.3 Å². The van der Waals surface area contributed by atoms with Crippen molar-refractivity contribution in [3.63, 3.8) is 0 Å². The van der Waals surface area contributed by atoms with E-state index in [-0.39, 0.29) is 30.1 Å². The summed E-state index contributed by atoms with van der Waals surface area (Å²) in [5, 5.41) is 7.81. The lowest BCUT2D eigenvalue weighted by atomic mass is 9.98. The van der Waals surface area contributed by atoms with Gasteiger partial charge in [0.25, 0.3) is 11.8 Å². The lowest BCUT2D eigenvalue weighted by Crippen LogP contribution is -2.25. The lowest BCUT2D eigenvalue weighted by Gasteiger charge is -2.12. The van der Waals surface area contributed by atoms with Crippen LogP contribution in [0.1, 0.15) is 37.5 Å². The molecular formula is C23H28N4O4. The Labute approximate surface area is 181 Å². The number of carbonyl (C=O) groups is 2. The van der Waals surface area contributed by atoms with Crippen molar-refractivity contribution in [3.8, 4) is 0 Å². The summed E-state index contributed by atoms with van der Waals surface area (Å²) in [5.41, 5.74) is 13.1. The fourth-order valence-electron chi connectivity index (χ4n) is 2.77. The Hall–Kier alpha value is -3.68. The SMILES string of the molecule is CC(CO/N=C(/C(N)=O)c1ccccc1)Cc1cccc(/C(=N\OC(C)C)C(N)=O)c1. The molecule has 1 unspecified atom stereocenters. The molecule has 0 aliphatic rings. The standard InChI is InChI=1S/C23H28N4O4/c1-15(2)31-27-21(23(25)29)19-11-7-8-17(13-19)12-16(3)14-30-26-20(22(24)28)18-9-5-4-6-10-18/h4-11,13,15-16H,12,14H2,1-3H3,(H2,24,28)(H2,25,29)/b26-20+,27-21+. The Kier molecular flexibility index (Phi) is 8.75. The van der Waals surface area contributed by atoms with Gasteiger partial charge in [-0.1, -0.05) is 65.8 Å². The van der Waals surface area contributed by atoms with Crippen molar-refractivity contribution in [1.82, 2.24) is 0 Å². The van der Waals surface area contributed by atoms with Crippen LogP contribution in [-0.4, -0.2) is 35.9 Å². The first-order chi connectivity index (χ1) is 14.8. The number of nitrogens with two attached hydrogens (primary N) is 2. The maximum atomic E-state index is 11.8. The van der Waals surface area contributed by atoms with Crippen LogP contribution in [0.2, 0.25) is 0 Å². The molecule has 0 aromatic heterocycles. The smallest absolute Gasteiger partial charge is 0.271 e. The molecule has 0 bridgehead atoms. The van der Waals surface area contributed by atoms with E-state index in [4.69, 9.17) is 21.1 Å². The van der Waals surface area contributed by atoms with Gasteiger partial charge in [0.1, 0.15) is 12.7 Å². The molecule has 4 N–H and O–H groups in total. The van der Waals surface area contributed by atoms with Gasteiger partial charge in [0.15, 0.2) is 11.4 Å². The van der Waals surface area contributed by atoms with E-state index in [1.807, 2.05) is 45.0 Å². The molecule has 0 radical (unpaired) electrons. The monoisotopic (exact) mass is 424 g/mol. The number of rotatable bonds is 11. The molecule has 0 heterocycles. The lowest BCUT2D eigenvalue weighted by molar-refractivity contribution is -0.113. The predicted octanol–water partition coefficient (Wildman–Crippen LogP) is 2.39. The van der Waals surface area contributed by atoms with E-state index in [0.29, 0.717) is 17.5 Å². The van der Waals surface area contributed by atoms with Crippen LogP contribution in [0.3, 0.4) is 0 Å². The van der Waals surface area contributed by atoms with Gasteiger partial charge in [-0.05, 0) is 37.8 Å². The summed E-state index contributed by atoms with van der Waals surface area (Å²) >= 11 is 0. The van der Waals surface area contributed by atoms with Crippen LogP contribution in [0, 0.1) is 5.92 Å². The van der Waals surface area contributed by atoms with E-state index >= 15 is 0 Å². The Balaban J connectivity index is 2.05.